The lowest BCUT2D eigenvalue weighted by Crippen LogP contribution is -1.95. The first-order valence-corrected chi connectivity index (χ1v) is 5.58. The number of rotatable bonds is 2. The van der Waals surface area contributed by atoms with Crippen molar-refractivity contribution in [2.24, 2.45) is 0 Å². The molecule has 0 aromatic heterocycles. The van der Waals surface area contributed by atoms with Gasteiger partial charge in [-0.25, -0.2) is 4.39 Å². The van der Waals surface area contributed by atoms with Gasteiger partial charge in [-0.3, -0.25) is 0 Å². The Morgan fingerprint density at radius 1 is 0.824 bits per heavy atom. The van der Waals surface area contributed by atoms with Crippen molar-refractivity contribution in [1.29, 1.82) is 0 Å². The summed E-state index contributed by atoms with van der Waals surface area (Å²) in [4.78, 5) is 0. The summed E-state index contributed by atoms with van der Waals surface area (Å²) in [6.45, 7) is 8.13. The number of hydrogen-bond donors (Lipinski definition) is 0. The van der Waals surface area contributed by atoms with Crippen molar-refractivity contribution in [2.75, 3.05) is 0 Å². The van der Waals surface area contributed by atoms with E-state index in [9.17, 15) is 4.39 Å². The molecule has 0 aliphatic carbocycles. The van der Waals surface area contributed by atoms with Gasteiger partial charge >= 0.3 is 0 Å². The van der Waals surface area contributed by atoms with Crippen molar-refractivity contribution in [1.82, 2.24) is 0 Å². The van der Waals surface area contributed by atoms with Crippen molar-refractivity contribution in [3.63, 3.8) is 0 Å². The molecule has 0 nitrogen and oxygen atoms in total. The fourth-order valence-electron chi connectivity index (χ4n) is 1.69. The molecule has 0 saturated carbocycles. The molecule has 0 fully saturated rings. The Kier molecular flexibility index (Phi) is 5.15. The Morgan fingerprint density at radius 3 is 1.82 bits per heavy atom. The van der Waals surface area contributed by atoms with E-state index in [0.717, 1.165) is 5.56 Å². The lowest BCUT2D eigenvalue weighted by molar-refractivity contribution is 0.626. The molecular weight excluding hydrogens is 211 g/mol. The van der Waals surface area contributed by atoms with Crippen LogP contribution in [0.3, 0.4) is 0 Å². The molecule has 0 N–H and O–H groups in total. The predicted molar refractivity (Wildman–Crippen MR) is 71.6 cm³/mol. The first-order valence-electron chi connectivity index (χ1n) is 5.58. The van der Waals surface area contributed by atoms with Crippen LogP contribution in [0.4, 0.5) is 4.39 Å². The quantitative estimate of drug-likeness (QED) is 0.649. The lowest BCUT2D eigenvalue weighted by atomic mass is 9.93. The van der Waals surface area contributed by atoms with Gasteiger partial charge in [-0.1, -0.05) is 49.4 Å². The lowest BCUT2D eigenvalue weighted by Gasteiger charge is -2.11. The van der Waals surface area contributed by atoms with Gasteiger partial charge < -0.3 is 0 Å². The maximum absolute atomic E-state index is 12.8. The topological polar surface area (TPSA) is 0 Å². The van der Waals surface area contributed by atoms with Crippen molar-refractivity contribution in [3.05, 3.63) is 84.7 Å². The van der Waals surface area contributed by atoms with E-state index in [4.69, 9.17) is 0 Å². The first kappa shape index (κ1) is 13.2. The highest BCUT2D eigenvalue weighted by Crippen LogP contribution is 2.23. The van der Waals surface area contributed by atoms with Crippen LogP contribution in [-0.4, -0.2) is 0 Å². The van der Waals surface area contributed by atoms with E-state index in [1.165, 1.54) is 17.7 Å². The van der Waals surface area contributed by atoms with Gasteiger partial charge in [-0.05, 0) is 23.3 Å². The molecule has 2 aromatic carbocycles. The van der Waals surface area contributed by atoms with Gasteiger partial charge in [0.05, 0.1) is 0 Å². The van der Waals surface area contributed by atoms with E-state index < -0.39 is 0 Å². The summed E-state index contributed by atoms with van der Waals surface area (Å²) in [7, 11) is 0. The molecular formula is C16H17F. The average Bonchev–Trinajstić information content (AvgIpc) is 2.42. The third-order valence-electron chi connectivity index (χ3n) is 2.67. The van der Waals surface area contributed by atoms with Crippen molar-refractivity contribution < 1.29 is 4.39 Å². The molecule has 1 atom stereocenters. The largest absolute Gasteiger partial charge is 0.207 e. The Bertz CT molecular complexity index is 431. The van der Waals surface area contributed by atoms with Gasteiger partial charge in [0.1, 0.15) is 5.82 Å². The van der Waals surface area contributed by atoms with E-state index in [0.29, 0.717) is 5.92 Å². The summed E-state index contributed by atoms with van der Waals surface area (Å²) in [6.07, 6.45) is 0. The molecule has 0 heterocycles. The summed E-state index contributed by atoms with van der Waals surface area (Å²) < 4.78 is 12.8. The highest BCUT2D eigenvalue weighted by Gasteiger charge is 2.07. The normalized spacial score (nSPS) is 11.2. The third-order valence-corrected chi connectivity index (χ3v) is 2.67. The summed E-state index contributed by atoms with van der Waals surface area (Å²) in [5, 5.41) is 0. The second-order valence-corrected chi connectivity index (χ2v) is 3.68. The highest BCUT2D eigenvalue weighted by atomic mass is 19.1. The zero-order valence-corrected chi connectivity index (χ0v) is 10.1. The number of halogens is 1. The number of hydrogen-bond acceptors (Lipinski definition) is 0. The van der Waals surface area contributed by atoms with Crippen LogP contribution in [0.1, 0.15) is 24.0 Å². The van der Waals surface area contributed by atoms with Gasteiger partial charge in [0, 0.05) is 5.92 Å². The molecule has 0 spiro atoms. The molecule has 0 radical (unpaired) electrons. The molecule has 88 valence electrons. The fraction of sp³-hybridized carbons (Fsp3) is 0.125. The molecule has 0 aliphatic rings. The second kappa shape index (κ2) is 6.64. The fourth-order valence-corrected chi connectivity index (χ4v) is 1.69. The van der Waals surface area contributed by atoms with Gasteiger partial charge in [0.25, 0.3) is 0 Å². The molecule has 1 unspecified atom stereocenters. The second-order valence-electron chi connectivity index (χ2n) is 3.68. The monoisotopic (exact) mass is 228 g/mol. The van der Waals surface area contributed by atoms with Crippen LogP contribution in [0, 0.1) is 5.82 Å². The summed E-state index contributed by atoms with van der Waals surface area (Å²) >= 11 is 0. The predicted octanol–water partition coefficient (Wildman–Crippen LogP) is 4.78. The van der Waals surface area contributed by atoms with E-state index in [-0.39, 0.29) is 5.82 Å². The van der Waals surface area contributed by atoms with Crippen LogP contribution in [0.2, 0.25) is 0 Å². The minimum atomic E-state index is -0.181. The van der Waals surface area contributed by atoms with Crippen LogP contribution in [0.15, 0.2) is 67.8 Å². The van der Waals surface area contributed by atoms with Crippen LogP contribution in [-0.2, 0) is 0 Å². The minimum absolute atomic E-state index is 0.181. The first-order chi connectivity index (χ1) is 8.27. The smallest absolute Gasteiger partial charge is 0.123 e. The van der Waals surface area contributed by atoms with Crippen LogP contribution < -0.4 is 0 Å². The van der Waals surface area contributed by atoms with Crippen LogP contribution >= 0.6 is 0 Å². The van der Waals surface area contributed by atoms with E-state index in [2.05, 4.69) is 32.2 Å². The Hall–Kier alpha value is -1.89. The molecule has 0 aliphatic heterocycles. The molecule has 0 saturated heterocycles. The van der Waals surface area contributed by atoms with E-state index in [1.54, 1.807) is 0 Å². The molecule has 0 amide bonds. The highest BCUT2D eigenvalue weighted by molar-refractivity contribution is 5.31. The number of benzene rings is 2. The van der Waals surface area contributed by atoms with E-state index in [1.807, 2.05) is 30.3 Å². The molecule has 17 heavy (non-hydrogen) atoms. The van der Waals surface area contributed by atoms with Gasteiger partial charge in [0.15, 0.2) is 0 Å². The van der Waals surface area contributed by atoms with Gasteiger partial charge in [-0.15, -0.1) is 13.2 Å². The van der Waals surface area contributed by atoms with Crippen molar-refractivity contribution in [3.8, 4) is 0 Å². The van der Waals surface area contributed by atoms with Crippen molar-refractivity contribution in [2.45, 2.75) is 12.8 Å². The standard InChI is InChI=1S/C14H13F.C2H4/c1-11(12-5-3-2-4-6-12)13-7-9-14(15)10-8-13;1-2/h2-11H,1H3;1-2H2. The Balaban J connectivity index is 0.000000686. The SMILES string of the molecule is C=C.CC(c1ccccc1)c1ccc(F)cc1. The zero-order valence-electron chi connectivity index (χ0n) is 10.1. The molecule has 2 rings (SSSR count). The van der Waals surface area contributed by atoms with Crippen LogP contribution in [0.25, 0.3) is 0 Å². The van der Waals surface area contributed by atoms with Crippen LogP contribution in [0.5, 0.6) is 0 Å². The maximum Gasteiger partial charge on any atom is 0.123 e. The maximum atomic E-state index is 12.8. The summed E-state index contributed by atoms with van der Waals surface area (Å²) in [5.41, 5.74) is 2.40. The van der Waals surface area contributed by atoms with E-state index >= 15 is 0 Å². The van der Waals surface area contributed by atoms with Crippen molar-refractivity contribution >= 4 is 0 Å². The van der Waals surface area contributed by atoms with Gasteiger partial charge in [-0.2, -0.15) is 0 Å². The Morgan fingerprint density at radius 2 is 1.29 bits per heavy atom. The summed E-state index contributed by atoms with van der Waals surface area (Å²) in [6, 6.07) is 16.9. The summed E-state index contributed by atoms with van der Waals surface area (Å²) in [5.74, 6) is 0.130. The molecule has 1 heteroatoms. The third kappa shape index (κ3) is 3.56. The Labute approximate surface area is 102 Å². The molecule has 2 aromatic rings. The average molecular weight is 228 g/mol. The van der Waals surface area contributed by atoms with Gasteiger partial charge in [0.2, 0.25) is 0 Å². The zero-order chi connectivity index (χ0) is 12.7. The minimum Gasteiger partial charge on any atom is -0.207 e. The molecule has 0 bridgehead atoms.